The third-order valence-corrected chi connectivity index (χ3v) is 6.89. The van der Waals surface area contributed by atoms with E-state index in [0.29, 0.717) is 31.8 Å². The van der Waals surface area contributed by atoms with E-state index in [9.17, 15) is 13.2 Å². The van der Waals surface area contributed by atoms with Crippen LogP contribution in [0.15, 0.2) is 4.99 Å². The predicted molar refractivity (Wildman–Crippen MR) is 101 cm³/mol. The summed E-state index contributed by atoms with van der Waals surface area (Å²) in [6, 6.07) is 0.0561. The van der Waals surface area contributed by atoms with Crippen LogP contribution in [0.25, 0.3) is 0 Å². The minimum absolute atomic E-state index is 0.0561. The SMILES string of the molecule is COC(=O)C1CCCC(NC(=NCC2CCC(S(N)(=O)=O)CC2)NC#N)C1. The largest absolute Gasteiger partial charge is 0.469 e. The molecule has 4 N–H and O–H groups in total. The molecule has 0 aromatic heterocycles. The third-order valence-electron chi connectivity index (χ3n) is 5.49. The Kier molecular flexibility index (Phi) is 7.86. The maximum Gasteiger partial charge on any atom is 0.308 e. The number of rotatable bonds is 5. The first kappa shape index (κ1) is 21.4. The number of nitrogens with zero attached hydrogens (tertiary/aromatic N) is 2. The average Bonchev–Trinajstić information content (AvgIpc) is 2.65. The number of sulfonamides is 1. The lowest BCUT2D eigenvalue weighted by molar-refractivity contribution is -0.146. The van der Waals surface area contributed by atoms with Crippen LogP contribution in [0, 0.1) is 23.3 Å². The first-order chi connectivity index (χ1) is 12.8. The minimum Gasteiger partial charge on any atom is -0.469 e. The van der Waals surface area contributed by atoms with Crippen molar-refractivity contribution in [2.75, 3.05) is 13.7 Å². The van der Waals surface area contributed by atoms with Crippen LogP contribution < -0.4 is 15.8 Å². The standard InChI is InChI=1S/C17H29N5O4S/c1-26-16(23)13-3-2-4-14(9-13)22-17(21-11-18)20-10-12-5-7-15(8-6-12)27(19,24)25/h12-15H,2-10H2,1H3,(H2,19,24,25)(H2,20,21,22). The van der Waals surface area contributed by atoms with Gasteiger partial charge in [0.1, 0.15) is 0 Å². The van der Waals surface area contributed by atoms with E-state index in [-0.39, 0.29) is 23.8 Å². The molecule has 152 valence electrons. The maximum atomic E-state index is 11.8. The van der Waals surface area contributed by atoms with Crippen LogP contribution in [0.5, 0.6) is 0 Å². The number of primary sulfonamides is 1. The molecule has 10 heteroatoms. The molecule has 9 nitrogen and oxygen atoms in total. The normalized spacial score (nSPS) is 29.4. The van der Waals surface area contributed by atoms with Crippen LogP contribution >= 0.6 is 0 Å². The van der Waals surface area contributed by atoms with Crippen LogP contribution in [-0.4, -0.2) is 45.3 Å². The number of carbonyl (C=O) groups is 1. The van der Waals surface area contributed by atoms with Crippen LogP contribution in [-0.2, 0) is 19.6 Å². The van der Waals surface area contributed by atoms with Gasteiger partial charge in [0.2, 0.25) is 16.0 Å². The Morgan fingerprint density at radius 3 is 2.56 bits per heavy atom. The summed E-state index contributed by atoms with van der Waals surface area (Å²) in [5.41, 5.74) is 0. The number of hydrogen-bond acceptors (Lipinski definition) is 6. The van der Waals surface area contributed by atoms with Gasteiger partial charge < -0.3 is 10.1 Å². The minimum atomic E-state index is -3.46. The molecule has 0 aromatic carbocycles. The molecule has 2 unspecified atom stereocenters. The summed E-state index contributed by atoms with van der Waals surface area (Å²) in [6.07, 6.45) is 7.77. The van der Waals surface area contributed by atoms with Crippen LogP contribution in [0.2, 0.25) is 0 Å². The first-order valence-corrected chi connectivity index (χ1v) is 11.0. The Balaban J connectivity index is 1.87. The van der Waals surface area contributed by atoms with E-state index in [2.05, 4.69) is 15.6 Å². The molecule has 2 fully saturated rings. The summed E-state index contributed by atoms with van der Waals surface area (Å²) in [4.78, 5) is 16.2. The van der Waals surface area contributed by atoms with Gasteiger partial charge in [0.15, 0.2) is 6.19 Å². The number of nitrogens with two attached hydrogens (primary N) is 1. The number of nitriles is 1. The summed E-state index contributed by atoms with van der Waals surface area (Å²) in [5, 5.41) is 19.5. The van der Waals surface area contributed by atoms with Gasteiger partial charge in [-0.2, -0.15) is 5.26 Å². The molecule has 0 amide bonds. The van der Waals surface area contributed by atoms with Crippen molar-refractivity contribution in [1.82, 2.24) is 10.6 Å². The predicted octanol–water partition coefficient (Wildman–Crippen LogP) is 0.582. The second kappa shape index (κ2) is 9.90. The van der Waals surface area contributed by atoms with Crippen molar-refractivity contribution in [3.05, 3.63) is 0 Å². The van der Waals surface area contributed by atoms with Gasteiger partial charge in [0, 0.05) is 12.6 Å². The highest BCUT2D eigenvalue weighted by molar-refractivity contribution is 7.89. The summed E-state index contributed by atoms with van der Waals surface area (Å²) >= 11 is 0. The van der Waals surface area contributed by atoms with E-state index in [1.165, 1.54) is 7.11 Å². The van der Waals surface area contributed by atoms with Crippen molar-refractivity contribution in [1.29, 1.82) is 5.26 Å². The Labute approximate surface area is 160 Å². The Morgan fingerprint density at radius 1 is 1.26 bits per heavy atom. The van der Waals surface area contributed by atoms with Crippen LogP contribution in [0.3, 0.4) is 0 Å². The number of hydrogen-bond donors (Lipinski definition) is 3. The fourth-order valence-corrected chi connectivity index (χ4v) is 4.86. The number of methoxy groups -OCH3 is 1. The Morgan fingerprint density at radius 2 is 1.96 bits per heavy atom. The van der Waals surface area contributed by atoms with E-state index < -0.39 is 15.3 Å². The molecule has 0 aliphatic heterocycles. The lowest BCUT2D eigenvalue weighted by Gasteiger charge is -2.29. The summed E-state index contributed by atoms with van der Waals surface area (Å²) in [5.74, 6) is 0.356. The Hall–Kier alpha value is -1.86. The summed E-state index contributed by atoms with van der Waals surface area (Å²) in [6.45, 7) is 0.515. The highest BCUT2D eigenvalue weighted by Gasteiger charge is 2.29. The van der Waals surface area contributed by atoms with Gasteiger partial charge in [0.05, 0.1) is 18.3 Å². The number of esters is 1. The zero-order chi connectivity index (χ0) is 19.9. The van der Waals surface area contributed by atoms with E-state index in [0.717, 1.165) is 32.1 Å². The van der Waals surface area contributed by atoms with Crippen molar-refractivity contribution >= 4 is 22.0 Å². The summed E-state index contributed by atoms with van der Waals surface area (Å²) < 4.78 is 27.7. The average molecular weight is 400 g/mol. The van der Waals surface area contributed by atoms with Gasteiger partial charge in [-0.15, -0.1) is 0 Å². The monoisotopic (exact) mass is 399 g/mol. The molecule has 2 rings (SSSR count). The fourth-order valence-electron chi connectivity index (χ4n) is 3.93. The van der Waals surface area contributed by atoms with Gasteiger partial charge >= 0.3 is 5.97 Å². The molecule has 2 atom stereocenters. The second-order valence-electron chi connectivity index (χ2n) is 7.39. The van der Waals surface area contributed by atoms with Gasteiger partial charge in [0.25, 0.3) is 0 Å². The molecular formula is C17H29N5O4S. The molecule has 0 aromatic rings. The van der Waals surface area contributed by atoms with Gasteiger partial charge in [-0.25, -0.2) is 13.6 Å². The number of ether oxygens (including phenoxy) is 1. The molecule has 2 aliphatic rings. The van der Waals surface area contributed by atoms with Crippen molar-refractivity contribution in [3.8, 4) is 6.19 Å². The van der Waals surface area contributed by atoms with E-state index in [4.69, 9.17) is 15.1 Å². The van der Waals surface area contributed by atoms with E-state index in [1.54, 1.807) is 0 Å². The number of nitrogens with one attached hydrogen (secondary N) is 2. The second-order valence-corrected chi connectivity index (χ2v) is 9.23. The molecule has 0 saturated heterocycles. The highest BCUT2D eigenvalue weighted by atomic mass is 32.2. The Bertz CT molecular complexity index is 680. The molecule has 2 saturated carbocycles. The van der Waals surface area contributed by atoms with Gasteiger partial charge in [-0.1, -0.05) is 6.42 Å². The number of guanidine groups is 1. The van der Waals surface area contributed by atoms with E-state index >= 15 is 0 Å². The van der Waals surface area contributed by atoms with Crippen molar-refractivity contribution < 1.29 is 17.9 Å². The lowest BCUT2D eigenvalue weighted by Crippen LogP contribution is -2.45. The van der Waals surface area contributed by atoms with Crippen molar-refractivity contribution in [3.63, 3.8) is 0 Å². The molecule has 0 heterocycles. The fraction of sp³-hybridized carbons (Fsp3) is 0.824. The molecule has 2 aliphatic carbocycles. The zero-order valence-corrected chi connectivity index (χ0v) is 16.5. The molecular weight excluding hydrogens is 370 g/mol. The third kappa shape index (κ3) is 6.66. The van der Waals surface area contributed by atoms with Crippen LogP contribution in [0.4, 0.5) is 0 Å². The summed E-state index contributed by atoms with van der Waals surface area (Å²) in [7, 11) is -2.07. The first-order valence-electron chi connectivity index (χ1n) is 9.39. The quantitative estimate of drug-likeness (QED) is 0.201. The molecule has 27 heavy (non-hydrogen) atoms. The smallest absolute Gasteiger partial charge is 0.308 e. The van der Waals surface area contributed by atoms with Gasteiger partial charge in [-0.3, -0.25) is 15.1 Å². The molecule has 0 bridgehead atoms. The zero-order valence-electron chi connectivity index (χ0n) is 15.7. The van der Waals surface area contributed by atoms with Gasteiger partial charge in [-0.05, 0) is 50.9 Å². The van der Waals surface area contributed by atoms with Crippen molar-refractivity contribution in [2.45, 2.75) is 62.7 Å². The van der Waals surface area contributed by atoms with Crippen LogP contribution in [0.1, 0.15) is 51.4 Å². The van der Waals surface area contributed by atoms with Crippen molar-refractivity contribution in [2.24, 2.45) is 22.0 Å². The lowest BCUT2D eigenvalue weighted by atomic mass is 9.86. The number of aliphatic imine (C=N–C) groups is 1. The topological polar surface area (TPSA) is 147 Å². The number of carbonyl (C=O) groups excluding carboxylic acids is 1. The maximum absolute atomic E-state index is 11.8. The molecule has 0 spiro atoms. The highest BCUT2D eigenvalue weighted by Crippen LogP contribution is 2.28. The molecule has 0 radical (unpaired) electrons. The van der Waals surface area contributed by atoms with E-state index in [1.807, 2.05) is 6.19 Å².